The molecule has 0 radical (unpaired) electrons. The summed E-state index contributed by atoms with van der Waals surface area (Å²) < 4.78 is 25.3. The third-order valence-electron chi connectivity index (χ3n) is 3.31. The summed E-state index contributed by atoms with van der Waals surface area (Å²) in [6.07, 6.45) is 11.8. The Morgan fingerprint density at radius 2 is 1.24 bits per heavy atom. The van der Waals surface area contributed by atoms with Gasteiger partial charge in [-0.25, -0.2) is 0 Å². The van der Waals surface area contributed by atoms with E-state index in [0.29, 0.717) is 0 Å². The first-order chi connectivity index (χ1) is 7.97. The zero-order chi connectivity index (χ0) is 13.7. The first-order valence-electron chi connectivity index (χ1n) is 6.59. The molecule has 0 aromatic carbocycles. The van der Waals surface area contributed by atoms with Gasteiger partial charge in [0, 0.05) is 7.26 Å². The molecule has 0 saturated carbocycles. The maximum Gasteiger partial charge on any atom is 1.00 e. The van der Waals surface area contributed by atoms with E-state index in [-0.39, 0.29) is 1.43 Å². The quantitative estimate of drug-likeness (QED) is 0.503. The van der Waals surface area contributed by atoms with Gasteiger partial charge in [-0.05, 0) is 26.7 Å². The average molecular weight is 284 g/mol. The van der Waals surface area contributed by atoms with Crippen molar-refractivity contribution in [3.63, 3.8) is 0 Å². The Balaban J connectivity index is -0.000000392. The van der Waals surface area contributed by atoms with Crippen LogP contribution in [0.5, 0.6) is 0 Å². The van der Waals surface area contributed by atoms with Crippen LogP contribution in [0.25, 0.3) is 0 Å². The molecule has 0 rings (SSSR count). The summed E-state index contributed by atoms with van der Waals surface area (Å²) >= 11 is -3.11. The van der Waals surface area contributed by atoms with E-state index >= 15 is 0 Å². The van der Waals surface area contributed by atoms with Crippen LogP contribution in [0.4, 0.5) is 0 Å². The van der Waals surface area contributed by atoms with Crippen LogP contribution in [-0.4, -0.2) is 38.0 Å². The van der Waals surface area contributed by atoms with Gasteiger partial charge < -0.3 is 9.11 Å². The Morgan fingerprint density at radius 3 is 1.41 bits per heavy atom. The van der Waals surface area contributed by atoms with Crippen molar-refractivity contribution in [2.75, 3.05) is 24.6 Å². The summed E-state index contributed by atoms with van der Waals surface area (Å²) in [7, 11) is -0.491. The standard InChI is InChI=1S/C12H28P.H2O3S/c1-5-9-11-13(7-3,8-4)12-10-6-2;1-4(2)3/h5-12H2,1-4H3;(H2,1,2,3)/q+1;/p-1. The van der Waals surface area contributed by atoms with Gasteiger partial charge in [0.1, 0.15) is 0 Å². The van der Waals surface area contributed by atoms with Gasteiger partial charge in [0.2, 0.25) is 0 Å². The molecule has 0 unspecified atom stereocenters. The van der Waals surface area contributed by atoms with Crippen molar-refractivity contribution in [3.8, 4) is 0 Å². The minimum Gasteiger partial charge on any atom is -0.784 e. The first-order valence-corrected chi connectivity index (χ1v) is 10.1. The summed E-state index contributed by atoms with van der Waals surface area (Å²) in [6.45, 7) is 9.48. The van der Waals surface area contributed by atoms with Crippen LogP contribution in [0.1, 0.15) is 54.8 Å². The summed E-state index contributed by atoms with van der Waals surface area (Å²) in [5.41, 5.74) is 0. The lowest BCUT2D eigenvalue weighted by Crippen LogP contribution is -2.09. The van der Waals surface area contributed by atoms with Crippen LogP contribution < -0.4 is 0 Å². The number of rotatable bonds is 8. The molecule has 0 aromatic rings. The van der Waals surface area contributed by atoms with E-state index in [2.05, 4.69) is 27.7 Å². The first kappa shape index (κ1) is 19.8. The molecule has 0 saturated heterocycles. The molecule has 0 fully saturated rings. The third-order valence-corrected chi connectivity index (χ3v) is 8.53. The molecule has 0 amide bonds. The SMILES string of the molecule is CCCC[P+](CC)(CC)CCCC.O=S([O-])[O-].[H+]. The molecule has 0 heterocycles. The minimum absolute atomic E-state index is 0. The Bertz CT molecular complexity index is 176. The molecule has 3 nitrogen and oxygen atoms in total. The summed E-state index contributed by atoms with van der Waals surface area (Å²) in [4.78, 5) is 0. The number of hydrogen-bond donors (Lipinski definition) is 0. The molecule has 0 atom stereocenters. The topological polar surface area (TPSA) is 63.2 Å². The summed E-state index contributed by atoms with van der Waals surface area (Å²) in [5.74, 6) is 0. The molecule has 0 aliphatic carbocycles. The molecule has 0 aromatic heterocycles. The molecule has 5 heteroatoms. The predicted molar refractivity (Wildman–Crippen MR) is 78.4 cm³/mol. The van der Waals surface area contributed by atoms with Crippen LogP contribution in [0.3, 0.4) is 0 Å². The highest BCUT2D eigenvalue weighted by molar-refractivity contribution is 7.75. The zero-order valence-corrected chi connectivity index (χ0v) is 13.4. The maximum atomic E-state index is 8.44. The fraction of sp³-hybridized carbons (Fsp3) is 1.00. The number of hydrogen-bond acceptors (Lipinski definition) is 3. The van der Waals surface area contributed by atoms with Crippen LogP contribution in [0.15, 0.2) is 0 Å². The molecule has 0 spiro atoms. The van der Waals surface area contributed by atoms with Crippen molar-refractivity contribution in [2.24, 2.45) is 0 Å². The van der Waals surface area contributed by atoms with Crippen molar-refractivity contribution in [2.45, 2.75) is 53.4 Å². The van der Waals surface area contributed by atoms with Gasteiger partial charge in [0.15, 0.2) is 0 Å². The highest BCUT2D eigenvalue weighted by atomic mass is 32.2. The Kier molecular flexibility index (Phi) is 15.1. The predicted octanol–water partition coefficient (Wildman–Crippen LogP) is 3.75. The third kappa shape index (κ3) is 12.7. The minimum atomic E-state index is -3.11. The average Bonchev–Trinajstić information content (AvgIpc) is 2.30. The molecule has 17 heavy (non-hydrogen) atoms. The summed E-state index contributed by atoms with van der Waals surface area (Å²) in [6, 6.07) is 0. The normalized spacial score (nSPS) is 11.2. The van der Waals surface area contributed by atoms with Crippen molar-refractivity contribution in [3.05, 3.63) is 0 Å². The van der Waals surface area contributed by atoms with Gasteiger partial charge in [-0.2, -0.15) is 0 Å². The van der Waals surface area contributed by atoms with Gasteiger partial charge in [-0.1, -0.05) is 26.7 Å². The van der Waals surface area contributed by atoms with Gasteiger partial charge in [0.25, 0.3) is 0 Å². The lowest BCUT2D eigenvalue weighted by Gasteiger charge is -2.24. The highest BCUT2D eigenvalue weighted by Gasteiger charge is 2.31. The molecule has 0 N–H and O–H groups in total. The lowest BCUT2D eigenvalue weighted by molar-refractivity contribution is 0.419. The van der Waals surface area contributed by atoms with E-state index in [1.807, 2.05) is 0 Å². The molecule has 106 valence electrons. The van der Waals surface area contributed by atoms with Crippen molar-refractivity contribution < 1.29 is 14.7 Å². The molecular formula is C12H29O3PS. The fourth-order valence-corrected chi connectivity index (χ4v) is 5.86. The van der Waals surface area contributed by atoms with E-state index < -0.39 is 18.6 Å². The highest BCUT2D eigenvalue weighted by Crippen LogP contribution is 2.59. The maximum absolute atomic E-state index is 8.44. The van der Waals surface area contributed by atoms with Crippen molar-refractivity contribution >= 4 is 18.6 Å². The molecular weight excluding hydrogens is 255 g/mol. The van der Waals surface area contributed by atoms with E-state index in [0.717, 1.165) is 0 Å². The van der Waals surface area contributed by atoms with Gasteiger partial charge in [0.05, 0.1) is 24.6 Å². The van der Waals surface area contributed by atoms with Crippen molar-refractivity contribution in [1.82, 2.24) is 0 Å². The zero-order valence-electron chi connectivity index (χ0n) is 12.7. The van der Waals surface area contributed by atoms with E-state index in [4.69, 9.17) is 13.3 Å². The fourth-order valence-electron chi connectivity index (χ4n) is 1.95. The lowest BCUT2D eigenvalue weighted by atomic mass is 10.4. The van der Waals surface area contributed by atoms with Gasteiger partial charge in [-0.3, -0.25) is 4.21 Å². The van der Waals surface area contributed by atoms with Crippen molar-refractivity contribution in [1.29, 1.82) is 0 Å². The van der Waals surface area contributed by atoms with Crippen LogP contribution in [0, 0.1) is 0 Å². The second kappa shape index (κ2) is 12.9. The molecule has 0 aliphatic rings. The van der Waals surface area contributed by atoms with Gasteiger partial charge >= 0.3 is 1.43 Å². The Hall–Kier alpha value is 0.500. The Morgan fingerprint density at radius 1 is 0.941 bits per heavy atom. The van der Waals surface area contributed by atoms with Gasteiger partial charge in [-0.15, -0.1) is 11.4 Å². The smallest absolute Gasteiger partial charge is 0.784 e. The van der Waals surface area contributed by atoms with E-state index in [1.165, 1.54) is 38.0 Å². The molecule has 0 bridgehead atoms. The molecule has 0 aliphatic heterocycles. The Labute approximate surface area is 112 Å². The monoisotopic (exact) mass is 284 g/mol. The number of unbranched alkanes of at least 4 members (excludes halogenated alkanes) is 2. The largest absolute Gasteiger partial charge is 1.00 e. The van der Waals surface area contributed by atoms with Crippen LogP contribution in [0.2, 0.25) is 0 Å². The van der Waals surface area contributed by atoms with E-state index in [1.54, 1.807) is 12.3 Å². The summed E-state index contributed by atoms with van der Waals surface area (Å²) in [5, 5.41) is 0. The second-order valence-corrected chi connectivity index (χ2v) is 9.58. The van der Waals surface area contributed by atoms with Crippen LogP contribution >= 0.6 is 7.26 Å². The van der Waals surface area contributed by atoms with Crippen LogP contribution in [-0.2, 0) is 11.4 Å². The second-order valence-electron chi connectivity index (χ2n) is 4.33. The van der Waals surface area contributed by atoms with E-state index in [9.17, 15) is 0 Å².